The average molecular weight is 255 g/mol. The molecule has 5 nitrogen and oxygen atoms in total. The van der Waals surface area contributed by atoms with Crippen molar-refractivity contribution in [3.63, 3.8) is 0 Å². The molecule has 0 aromatic carbocycles. The Morgan fingerprint density at radius 2 is 2.06 bits per heavy atom. The van der Waals surface area contributed by atoms with Crippen molar-refractivity contribution in [2.24, 2.45) is 5.92 Å². The third-order valence-corrected chi connectivity index (χ3v) is 3.80. The molecule has 1 aliphatic carbocycles. The lowest BCUT2D eigenvalue weighted by Gasteiger charge is -2.36. The molecule has 2 bridgehead atoms. The Balaban J connectivity index is 2.21. The molecule has 1 aliphatic heterocycles. The zero-order valence-electron chi connectivity index (χ0n) is 11.2. The summed E-state index contributed by atoms with van der Waals surface area (Å²) >= 11 is 0. The van der Waals surface area contributed by atoms with Crippen molar-refractivity contribution in [3.8, 4) is 0 Å². The number of nitrogens with zero attached hydrogens (tertiary/aromatic N) is 1. The highest BCUT2D eigenvalue weighted by Crippen LogP contribution is 2.44. The van der Waals surface area contributed by atoms with Crippen molar-refractivity contribution in [2.45, 2.75) is 57.6 Å². The average Bonchev–Trinajstić information content (AvgIpc) is 2.49. The predicted molar refractivity (Wildman–Crippen MR) is 65.3 cm³/mol. The Labute approximate surface area is 107 Å². The van der Waals surface area contributed by atoms with Gasteiger partial charge in [0, 0.05) is 6.54 Å². The lowest BCUT2D eigenvalue weighted by atomic mass is 9.80. The smallest absolute Gasteiger partial charge is 0.411 e. The van der Waals surface area contributed by atoms with E-state index >= 15 is 0 Å². The third-order valence-electron chi connectivity index (χ3n) is 3.80. The van der Waals surface area contributed by atoms with Gasteiger partial charge in [0.05, 0.1) is 0 Å². The van der Waals surface area contributed by atoms with Gasteiger partial charge in [-0.05, 0) is 46.0 Å². The number of amides is 1. The first-order chi connectivity index (χ1) is 8.24. The molecule has 1 heterocycles. The second-order valence-corrected chi connectivity index (χ2v) is 6.39. The zero-order chi connectivity index (χ0) is 13.6. The van der Waals surface area contributed by atoms with Gasteiger partial charge in [-0.25, -0.2) is 9.59 Å². The minimum absolute atomic E-state index is 0.308. The summed E-state index contributed by atoms with van der Waals surface area (Å²) in [5.41, 5.74) is -1.61. The Morgan fingerprint density at radius 1 is 1.39 bits per heavy atom. The van der Waals surface area contributed by atoms with Gasteiger partial charge in [-0.1, -0.05) is 6.42 Å². The molecule has 102 valence electrons. The van der Waals surface area contributed by atoms with E-state index < -0.39 is 23.2 Å². The van der Waals surface area contributed by atoms with Crippen molar-refractivity contribution in [1.82, 2.24) is 4.90 Å². The van der Waals surface area contributed by atoms with E-state index in [9.17, 15) is 14.7 Å². The van der Waals surface area contributed by atoms with Crippen LogP contribution in [0.5, 0.6) is 0 Å². The molecule has 5 heteroatoms. The molecule has 0 aromatic rings. The lowest BCUT2D eigenvalue weighted by molar-refractivity contribution is -0.150. The number of carboxylic acids is 1. The van der Waals surface area contributed by atoms with Crippen molar-refractivity contribution in [3.05, 3.63) is 0 Å². The minimum atomic E-state index is -1.02. The number of aliphatic carboxylic acids is 1. The topological polar surface area (TPSA) is 66.8 Å². The van der Waals surface area contributed by atoms with Crippen LogP contribution in [0, 0.1) is 5.92 Å². The number of likely N-dealkylation sites (tertiary alicyclic amines) is 1. The van der Waals surface area contributed by atoms with Crippen LogP contribution >= 0.6 is 0 Å². The van der Waals surface area contributed by atoms with Gasteiger partial charge in [-0.3, -0.25) is 4.90 Å². The van der Waals surface area contributed by atoms with Gasteiger partial charge in [-0.2, -0.15) is 0 Å². The van der Waals surface area contributed by atoms with Crippen molar-refractivity contribution >= 4 is 12.1 Å². The fraction of sp³-hybridized carbons (Fsp3) is 0.846. The monoisotopic (exact) mass is 255 g/mol. The minimum Gasteiger partial charge on any atom is -0.479 e. The van der Waals surface area contributed by atoms with Crippen LogP contribution in [0.3, 0.4) is 0 Å². The van der Waals surface area contributed by atoms with E-state index in [-0.39, 0.29) is 0 Å². The van der Waals surface area contributed by atoms with Crippen LogP contribution in [0.15, 0.2) is 0 Å². The molecule has 0 spiro atoms. The molecule has 1 amide bonds. The largest absolute Gasteiger partial charge is 0.479 e. The van der Waals surface area contributed by atoms with Crippen LogP contribution in [0.1, 0.15) is 46.5 Å². The quantitative estimate of drug-likeness (QED) is 0.780. The fourth-order valence-corrected chi connectivity index (χ4v) is 3.07. The first-order valence-electron chi connectivity index (χ1n) is 6.49. The van der Waals surface area contributed by atoms with Gasteiger partial charge in [0.2, 0.25) is 0 Å². The van der Waals surface area contributed by atoms with E-state index in [2.05, 4.69) is 0 Å². The summed E-state index contributed by atoms with van der Waals surface area (Å²) in [5.74, 6) is -0.585. The van der Waals surface area contributed by atoms with Gasteiger partial charge >= 0.3 is 12.1 Å². The summed E-state index contributed by atoms with van der Waals surface area (Å²) < 4.78 is 5.33. The van der Waals surface area contributed by atoms with Crippen LogP contribution < -0.4 is 0 Å². The van der Waals surface area contributed by atoms with Crippen LogP contribution in [0.25, 0.3) is 0 Å². The molecular weight excluding hydrogens is 234 g/mol. The molecular formula is C13H21NO4. The molecule has 1 N–H and O–H groups in total. The molecule has 1 saturated heterocycles. The SMILES string of the molecule is CC(C)(C)OC(=O)N1C[C@@H]2CCCC1(C(=O)O)C2. The Hall–Kier alpha value is -1.26. The normalized spacial score (nSPS) is 31.3. The highest BCUT2D eigenvalue weighted by molar-refractivity contribution is 5.85. The highest BCUT2D eigenvalue weighted by Gasteiger charge is 2.56. The predicted octanol–water partition coefficient (Wildman–Crippen LogP) is 2.25. The standard InChI is InChI=1S/C13H21NO4/c1-12(2,3)18-11(17)14-8-9-5-4-6-13(14,7-9)10(15)16/h9H,4-8H2,1-3H3,(H,15,16)/t9-,13?/m1/s1. The van der Waals surface area contributed by atoms with Crippen molar-refractivity contribution in [1.29, 1.82) is 0 Å². The molecule has 0 aromatic heterocycles. The zero-order valence-corrected chi connectivity index (χ0v) is 11.2. The van der Waals surface area contributed by atoms with E-state index in [1.165, 1.54) is 4.90 Å². The Bertz CT molecular complexity index is 374. The third kappa shape index (κ3) is 2.18. The summed E-state index contributed by atoms with van der Waals surface area (Å²) in [4.78, 5) is 25.2. The van der Waals surface area contributed by atoms with E-state index in [1.807, 2.05) is 0 Å². The molecule has 0 radical (unpaired) electrons. The van der Waals surface area contributed by atoms with E-state index in [1.54, 1.807) is 20.8 Å². The first kappa shape index (κ1) is 13.2. The van der Waals surface area contributed by atoms with Crippen LogP contribution in [0.2, 0.25) is 0 Å². The summed E-state index contributed by atoms with van der Waals surface area (Å²) in [6.45, 7) is 5.89. The first-order valence-corrected chi connectivity index (χ1v) is 6.49. The number of hydrogen-bond acceptors (Lipinski definition) is 3. The number of ether oxygens (including phenoxy) is 1. The maximum absolute atomic E-state index is 12.2. The summed E-state index contributed by atoms with van der Waals surface area (Å²) in [7, 11) is 0. The van der Waals surface area contributed by atoms with Crippen molar-refractivity contribution < 1.29 is 19.4 Å². The molecule has 18 heavy (non-hydrogen) atoms. The number of rotatable bonds is 1. The van der Waals surface area contributed by atoms with Gasteiger partial charge in [0.1, 0.15) is 11.1 Å². The van der Waals surface area contributed by atoms with Gasteiger partial charge in [0.15, 0.2) is 0 Å². The van der Waals surface area contributed by atoms with E-state index in [0.29, 0.717) is 25.3 Å². The summed E-state index contributed by atoms with van der Waals surface area (Å²) in [5, 5.41) is 9.48. The second kappa shape index (κ2) is 4.14. The Kier molecular flexibility index (Phi) is 3.03. The van der Waals surface area contributed by atoms with E-state index in [0.717, 1.165) is 12.8 Å². The van der Waals surface area contributed by atoms with Gasteiger partial charge < -0.3 is 9.84 Å². The summed E-state index contributed by atoms with van der Waals surface area (Å²) in [6.07, 6.45) is 2.50. The highest BCUT2D eigenvalue weighted by atomic mass is 16.6. The molecule has 2 fully saturated rings. The molecule has 2 rings (SSSR count). The van der Waals surface area contributed by atoms with Crippen molar-refractivity contribution in [2.75, 3.05) is 6.54 Å². The lowest BCUT2D eigenvalue weighted by Crippen LogP contribution is -2.54. The van der Waals surface area contributed by atoms with Crippen LogP contribution in [-0.4, -0.2) is 39.8 Å². The maximum Gasteiger partial charge on any atom is 0.411 e. The number of carboxylic acid groups (broad SMARTS) is 1. The maximum atomic E-state index is 12.2. The van der Waals surface area contributed by atoms with Gasteiger partial charge in [-0.15, -0.1) is 0 Å². The Morgan fingerprint density at radius 3 is 2.61 bits per heavy atom. The fourth-order valence-electron chi connectivity index (χ4n) is 3.07. The van der Waals surface area contributed by atoms with Crippen LogP contribution in [-0.2, 0) is 9.53 Å². The molecule has 2 aliphatic rings. The number of carbonyl (C=O) groups is 2. The van der Waals surface area contributed by atoms with E-state index in [4.69, 9.17) is 4.74 Å². The molecule has 1 saturated carbocycles. The number of hydrogen-bond donors (Lipinski definition) is 1. The molecule has 2 atom stereocenters. The molecule has 1 unspecified atom stereocenters. The number of fused-ring (bicyclic) bond motifs is 2. The van der Waals surface area contributed by atoms with Gasteiger partial charge in [0.25, 0.3) is 0 Å². The summed E-state index contributed by atoms with van der Waals surface area (Å²) in [6, 6.07) is 0. The number of carbonyl (C=O) groups excluding carboxylic acids is 1. The second-order valence-electron chi connectivity index (χ2n) is 6.39. The van der Waals surface area contributed by atoms with Crippen LogP contribution in [0.4, 0.5) is 4.79 Å².